The molecule has 9 nitrogen and oxygen atoms in total. The molecule has 0 fully saturated rings. The van der Waals surface area contributed by atoms with Gasteiger partial charge in [-0.05, 0) is 48.7 Å². The van der Waals surface area contributed by atoms with Crippen LogP contribution in [-0.2, 0) is 29.0 Å². The molecule has 3 aromatic carbocycles. The number of hydrogen-bond donors (Lipinski definition) is 3. The molecule has 41 heavy (non-hydrogen) atoms. The van der Waals surface area contributed by atoms with Crippen molar-refractivity contribution in [2.24, 2.45) is 4.99 Å². The fourth-order valence-corrected chi connectivity index (χ4v) is 5.65. The lowest BCUT2D eigenvalue weighted by atomic mass is 10.0. The minimum atomic E-state index is -2.59. The minimum Gasteiger partial charge on any atom is -0.475 e. The summed E-state index contributed by atoms with van der Waals surface area (Å²) in [7, 11) is 0. The Kier molecular flexibility index (Phi) is 8.14. The molecule has 1 aliphatic rings. The van der Waals surface area contributed by atoms with E-state index >= 15 is 0 Å². The number of hydrogen-bond acceptors (Lipinski definition) is 5. The summed E-state index contributed by atoms with van der Waals surface area (Å²) in [5.74, 6) is -1.01. The highest BCUT2D eigenvalue weighted by Crippen LogP contribution is 2.35. The molecule has 0 saturated carbocycles. The number of rotatable bonds is 9. The summed E-state index contributed by atoms with van der Waals surface area (Å²) in [6.45, 7) is 4.50. The van der Waals surface area contributed by atoms with E-state index in [1.54, 1.807) is 42.5 Å². The molecular formula is C31H30N4O5S. The zero-order valence-electron chi connectivity index (χ0n) is 22.7. The Balaban J connectivity index is 1.47. The second-order valence-corrected chi connectivity index (χ2v) is 10.6. The van der Waals surface area contributed by atoms with Gasteiger partial charge in [0.15, 0.2) is 0 Å². The van der Waals surface area contributed by atoms with Crippen molar-refractivity contribution in [1.29, 1.82) is 0 Å². The van der Waals surface area contributed by atoms with Crippen molar-refractivity contribution >= 4 is 40.5 Å². The van der Waals surface area contributed by atoms with E-state index in [9.17, 15) is 23.5 Å². The molecule has 5 rings (SSSR count). The number of carboxylic acid groups (broad SMARTS) is 1. The van der Waals surface area contributed by atoms with E-state index in [1.807, 2.05) is 43.3 Å². The molecule has 0 spiro atoms. The van der Waals surface area contributed by atoms with E-state index in [2.05, 4.69) is 27.9 Å². The zero-order valence-corrected chi connectivity index (χ0v) is 23.5. The Morgan fingerprint density at radius 3 is 2.37 bits per heavy atom. The third kappa shape index (κ3) is 5.70. The quantitative estimate of drug-likeness (QED) is 0.215. The summed E-state index contributed by atoms with van der Waals surface area (Å²) in [6, 6.07) is 25.0. The van der Waals surface area contributed by atoms with Gasteiger partial charge in [-0.1, -0.05) is 74.0 Å². The summed E-state index contributed by atoms with van der Waals surface area (Å²) >= 11 is -2.59. The molecule has 2 heterocycles. The fourth-order valence-electron chi connectivity index (χ4n) is 5.07. The highest BCUT2D eigenvalue weighted by Gasteiger charge is 2.28. The van der Waals surface area contributed by atoms with Crippen LogP contribution < -0.4 is 9.62 Å². The predicted molar refractivity (Wildman–Crippen MR) is 161 cm³/mol. The van der Waals surface area contributed by atoms with Gasteiger partial charge in [0.05, 0.1) is 11.7 Å². The highest BCUT2D eigenvalue weighted by atomic mass is 32.2. The van der Waals surface area contributed by atoms with Crippen molar-refractivity contribution in [2.75, 3.05) is 9.62 Å². The van der Waals surface area contributed by atoms with Crippen LogP contribution in [0.2, 0.25) is 0 Å². The van der Waals surface area contributed by atoms with Crippen LogP contribution in [0.4, 0.5) is 11.5 Å². The van der Waals surface area contributed by atoms with E-state index in [0.717, 1.165) is 45.3 Å². The highest BCUT2D eigenvalue weighted by molar-refractivity contribution is 7.81. The van der Waals surface area contributed by atoms with Gasteiger partial charge in [-0.25, -0.2) is 13.3 Å². The van der Waals surface area contributed by atoms with E-state index in [-0.39, 0.29) is 11.9 Å². The van der Waals surface area contributed by atoms with Crippen LogP contribution in [-0.4, -0.2) is 36.1 Å². The predicted octanol–water partition coefficient (Wildman–Crippen LogP) is 5.91. The van der Waals surface area contributed by atoms with Crippen LogP contribution in [0.15, 0.2) is 89.9 Å². The molecule has 210 valence electrons. The molecule has 2 atom stereocenters. The first-order chi connectivity index (χ1) is 19.8. The molecule has 10 heteroatoms. The number of nitrogens with zero attached hydrogens (tertiary/aromatic N) is 3. The second-order valence-electron chi connectivity index (χ2n) is 9.77. The number of amides is 1. The third-order valence-corrected chi connectivity index (χ3v) is 7.70. The number of benzene rings is 3. The Hall–Kier alpha value is -4.54. The molecule has 2 unspecified atom stereocenters. The maximum atomic E-state index is 13.2. The maximum Gasteiger partial charge on any atom is 0.371 e. The van der Waals surface area contributed by atoms with Crippen LogP contribution >= 0.6 is 0 Å². The molecule has 0 radical (unpaired) electrons. The van der Waals surface area contributed by atoms with Gasteiger partial charge in [0.2, 0.25) is 5.84 Å². The molecule has 3 N–H and O–H groups in total. The number of aliphatic imine (C=N–C) groups is 1. The van der Waals surface area contributed by atoms with Crippen molar-refractivity contribution in [3.63, 3.8) is 0 Å². The number of nitrogens with one attached hydrogen (secondary N) is 1. The number of anilines is 2. The topological polar surface area (TPSA) is 124 Å². The van der Waals surface area contributed by atoms with Gasteiger partial charge in [0.1, 0.15) is 5.82 Å². The molecular weight excluding hydrogens is 540 g/mol. The first-order valence-electron chi connectivity index (χ1n) is 13.3. The van der Waals surface area contributed by atoms with Crippen molar-refractivity contribution in [2.45, 2.75) is 39.3 Å². The lowest BCUT2D eigenvalue weighted by Gasteiger charge is -2.22. The third-order valence-electron chi connectivity index (χ3n) is 7.02. The van der Waals surface area contributed by atoms with Gasteiger partial charge < -0.3 is 15.0 Å². The molecule has 4 aromatic rings. The fraction of sp³-hybridized carbons (Fsp3) is 0.194. The normalized spacial score (nSPS) is 14.9. The van der Waals surface area contributed by atoms with Crippen LogP contribution in [0.3, 0.4) is 0 Å². The standard InChI is InChI=1S/C31H30N4O5S/c1-3-9-24-18-26-20(2)32-28(31(37)38)33-29(26)34(24)19-21-14-16-22(17-15-21)25-12-7-8-13-27(25)35(41(39)40)30(36)23-10-5-4-6-11-23/h4-8,10-18,20H,3,9,19H2,1-2H3,(H,32,33)(H,37,38)(H,39,40). The number of carboxylic acids is 1. The number of carbonyl (C=O) groups excluding carboxylic acids is 1. The number of para-hydroxylation sites is 1. The Morgan fingerprint density at radius 1 is 1.02 bits per heavy atom. The van der Waals surface area contributed by atoms with Crippen molar-refractivity contribution in [1.82, 2.24) is 4.57 Å². The average molecular weight is 571 g/mol. The zero-order chi connectivity index (χ0) is 29.1. The Labute approximate surface area is 240 Å². The number of amidine groups is 1. The number of aryl methyl sites for hydroxylation is 1. The molecule has 0 saturated heterocycles. The molecule has 0 bridgehead atoms. The van der Waals surface area contributed by atoms with Gasteiger partial charge in [-0.3, -0.25) is 14.3 Å². The molecule has 1 amide bonds. The van der Waals surface area contributed by atoms with Crippen LogP contribution in [0.5, 0.6) is 0 Å². The lowest BCUT2D eigenvalue weighted by molar-refractivity contribution is -0.129. The van der Waals surface area contributed by atoms with E-state index in [1.165, 1.54) is 0 Å². The smallest absolute Gasteiger partial charge is 0.371 e. The molecule has 1 aliphatic heterocycles. The van der Waals surface area contributed by atoms with Crippen LogP contribution in [0, 0.1) is 0 Å². The van der Waals surface area contributed by atoms with E-state index in [4.69, 9.17) is 0 Å². The monoisotopic (exact) mass is 570 g/mol. The summed E-state index contributed by atoms with van der Waals surface area (Å²) in [4.78, 5) is 29.2. The van der Waals surface area contributed by atoms with E-state index in [0.29, 0.717) is 23.4 Å². The Bertz CT molecular complexity index is 1650. The second kappa shape index (κ2) is 11.9. The van der Waals surface area contributed by atoms with Crippen molar-refractivity contribution in [3.8, 4) is 11.1 Å². The number of carbonyl (C=O) groups is 2. The first kappa shape index (κ1) is 28.0. The lowest BCUT2D eigenvalue weighted by Crippen LogP contribution is -2.32. The van der Waals surface area contributed by atoms with Gasteiger partial charge in [-0.15, -0.1) is 0 Å². The van der Waals surface area contributed by atoms with Crippen LogP contribution in [0.1, 0.15) is 53.5 Å². The number of aromatic nitrogens is 1. The van der Waals surface area contributed by atoms with Gasteiger partial charge in [0.25, 0.3) is 17.2 Å². The van der Waals surface area contributed by atoms with Gasteiger partial charge >= 0.3 is 5.97 Å². The van der Waals surface area contributed by atoms with Gasteiger partial charge in [-0.2, -0.15) is 0 Å². The summed E-state index contributed by atoms with van der Waals surface area (Å²) < 4.78 is 25.5. The SMILES string of the molecule is CCCc1cc2c(n1Cc1ccc(-c3ccccc3N(C(=O)c3ccccc3)S(=O)O)cc1)NC(C(=O)O)=NC2C. The molecule has 1 aromatic heterocycles. The summed E-state index contributed by atoms with van der Waals surface area (Å²) in [5.41, 5.74) is 5.07. The largest absolute Gasteiger partial charge is 0.475 e. The van der Waals surface area contributed by atoms with E-state index < -0.39 is 23.1 Å². The number of fused-ring (bicyclic) bond motifs is 1. The summed E-state index contributed by atoms with van der Waals surface area (Å²) in [5, 5.41) is 12.6. The van der Waals surface area contributed by atoms with Gasteiger partial charge in [0, 0.05) is 28.9 Å². The molecule has 0 aliphatic carbocycles. The number of aliphatic carboxylic acids is 1. The van der Waals surface area contributed by atoms with Crippen molar-refractivity contribution < 1.29 is 23.5 Å². The minimum absolute atomic E-state index is 0.0739. The first-order valence-corrected chi connectivity index (χ1v) is 14.3. The summed E-state index contributed by atoms with van der Waals surface area (Å²) in [6.07, 6.45) is 1.77. The Morgan fingerprint density at radius 2 is 1.71 bits per heavy atom. The average Bonchev–Trinajstić information content (AvgIpc) is 3.31. The maximum absolute atomic E-state index is 13.2. The van der Waals surface area contributed by atoms with Crippen molar-refractivity contribution in [3.05, 3.63) is 107 Å². The van der Waals surface area contributed by atoms with Crippen LogP contribution in [0.25, 0.3) is 11.1 Å².